The number of phosphoric ester groups is 1. The standard InChI is InChI=1S/C48H83O13P/c1-3-5-7-9-11-13-15-17-19-20-21-22-23-25-26-28-30-32-34-36-41(49)58-38-40(39-59-62(56,57)61-48-46(54)44(52)43(51)45(53)47(48)55)60-42(50)37-35-33-31-29-27-24-18-16-14-12-10-8-6-4-2/h11,13,17,19,21-22,25-26,30,32,40,43-48,51-55H,3-10,12,14-16,18,20,23-24,27-29,31,33-39H2,1-2H3,(H,56,57)/b13-11+,19-17+,22-21+,26-25+,32-30+/t40-,43?,44-,45?,46?,47?,48?/m0/s1. The maximum atomic E-state index is 12.8. The molecule has 0 aromatic rings. The van der Waals surface area contributed by atoms with Crippen molar-refractivity contribution in [2.45, 2.75) is 217 Å². The molecule has 0 radical (unpaired) electrons. The summed E-state index contributed by atoms with van der Waals surface area (Å²) >= 11 is 0. The Labute approximate surface area is 373 Å². The van der Waals surface area contributed by atoms with Gasteiger partial charge in [0.15, 0.2) is 6.10 Å². The fourth-order valence-electron chi connectivity index (χ4n) is 6.80. The van der Waals surface area contributed by atoms with Gasteiger partial charge >= 0.3 is 19.8 Å². The molecule has 0 aromatic heterocycles. The van der Waals surface area contributed by atoms with Crippen LogP contribution in [0.5, 0.6) is 0 Å². The van der Waals surface area contributed by atoms with Gasteiger partial charge in [-0.1, -0.05) is 171 Å². The first kappa shape index (κ1) is 57.6. The van der Waals surface area contributed by atoms with E-state index >= 15 is 0 Å². The third kappa shape index (κ3) is 29.8. The zero-order valence-corrected chi connectivity index (χ0v) is 38.8. The van der Waals surface area contributed by atoms with Crippen LogP contribution in [0.1, 0.15) is 174 Å². The number of carbonyl (C=O) groups excluding carboxylic acids is 2. The molecule has 6 unspecified atom stereocenters. The summed E-state index contributed by atoms with van der Waals surface area (Å²) in [6.07, 6.45) is 32.8. The van der Waals surface area contributed by atoms with Gasteiger partial charge in [0.05, 0.1) is 6.61 Å². The van der Waals surface area contributed by atoms with Crippen LogP contribution in [-0.2, 0) is 32.7 Å². The molecule has 0 aliphatic heterocycles. The molecule has 1 fully saturated rings. The predicted molar refractivity (Wildman–Crippen MR) is 244 cm³/mol. The molecule has 0 bridgehead atoms. The zero-order chi connectivity index (χ0) is 45.7. The van der Waals surface area contributed by atoms with E-state index in [1.54, 1.807) is 0 Å². The Hall–Kier alpha value is -2.45. The van der Waals surface area contributed by atoms with E-state index in [2.05, 4.69) is 56.4 Å². The van der Waals surface area contributed by atoms with Crippen molar-refractivity contribution in [2.24, 2.45) is 0 Å². The molecule has 6 N–H and O–H groups in total. The minimum atomic E-state index is -5.13. The smallest absolute Gasteiger partial charge is 0.462 e. The number of ether oxygens (including phenoxy) is 2. The molecule has 0 aromatic carbocycles. The first-order valence-electron chi connectivity index (χ1n) is 23.6. The van der Waals surface area contributed by atoms with Crippen molar-refractivity contribution in [1.29, 1.82) is 0 Å². The molecule has 1 aliphatic carbocycles. The van der Waals surface area contributed by atoms with Crippen LogP contribution in [-0.4, -0.2) is 98.3 Å². The van der Waals surface area contributed by atoms with E-state index in [1.807, 2.05) is 18.2 Å². The van der Waals surface area contributed by atoms with Gasteiger partial charge in [-0.3, -0.25) is 18.6 Å². The summed E-state index contributed by atoms with van der Waals surface area (Å²) in [6, 6.07) is 0. The van der Waals surface area contributed by atoms with Crippen molar-refractivity contribution in [3.05, 3.63) is 60.8 Å². The molecule has 0 spiro atoms. The lowest BCUT2D eigenvalue weighted by Gasteiger charge is -2.41. The van der Waals surface area contributed by atoms with Gasteiger partial charge in [-0.25, -0.2) is 4.57 Å². The van der Waals surface area contributed by atoms with Crippen molar-refractivity contribution in [1.82, 2.24) is 0 Å². The van der Waals surface area contributed by atoms with Crippen LogP contribution in [0.15, 0.2) is 60.8 Å². The van der Waals surface area contributed by atoms with Crippen molar-refractivity contribution < 1.29 is 63.1 Å². The molecule has 1 saturated carbocycles. The molecule has 0 saturated heterocycles. The van der Waals surface area contributed by atoms with Crippen LogP contribution >= 0.6 is 7.82 Å². The molecule has 358 valence electrons. The average Bonchev–Trinajstić information content (AvgIpc) is 3.25. The van der Waals surface area contributed by atoms with Crippen LogP contribution in [0, 0.1) is 0 Å². The quantitative estimate of drug-likeness (QED) is 0.0148. The molecule has 14 heteroatoms. The second kappa shape index (κ2) is 37.9. The fraction of sp³-hybridized carbons (Fsp3) is 0.750. The Morgan fingerprint density at radius 3 is 1.39 bits per heavy atom. The SMILES string of the molecule is CCCCC/C=C/C/C=C/C/C=C/C/C=C/C/C=C/CCC(=O)OC[C@@H](COP(=O)(O)OC1C(O)C(O)C(O)[C@H](O)C1O)OC(=O)CCCCCCCCCCCCCCCC. The second-order valence-electron chi connectivity index (χ2n) is 16.3. The minimum Gasteiger partial charge on any atom is -0.462 e. The number of allylic oxidation sites excluding steroid dienone is 10. The van der Waals surface area contributed by atoms with Crippen LogP contribution in [0.2, 0.25) is 0 Å². The summed E-state index contributed by atoms with van der Waals surface area (Å²) < 4.78 is 33.4. The second-order valence-corrected chi connectivity index (χ2v) is 17.7. The van der Waals surface area contributed by atoms with Crippen LogP contribution in [0.3, 0.4) is 0 Å². The van der Waals surface area contributed by atoms with E-state index in [4.69, 9.17) is 18.5 Å². The lowest BCUT2D eigenvalue weighted by molar-refractivity contribution is -0.220. The van der Waals surface area contributed by atoms with Gasteiger partial charge in [0.1, 0.15) is 43.2 Å². The summed E-state index contributed by atoms with van der Waals surface area (Å²) in [5.74, 6) is -1.20. The van der Waals surface area contributed by atoms with Gasteiger partial charge in [-0.2, -0.15) is 0 Å². The highest BCUT2D eigenvalue weighted by Crippen LogP contribution is 2.47. The summed E-state index contributed by atoms with van der Waals surface area (Å²) in [5, 5.41) is 50.1. The van der Waals surface area contributed by atoms with Crippen LogP contribution in [0.4, 0.5) is 0 Å². The first-order chi connectivity index (χ1) is 29.9. The average molecular weight is 899 g/mol. The number of hydrogen-bond donors (Lipinski definition) is 6. The number of aliphatic hydroxyl groups excluding tert-OH is 5. The first-order valence-corrected chi connectivity index (χ1v) is 25.1. The van der Waals surface area contributed by atoms with E-state index in [0.29, 0.717) is 19.3 Å². The Kier molecular flexibility index (Phi) is 35.2. The molecular formula is C48H83O13P. The van der Waals surface area contributed by atoms with E-state index in [-0.39, 0.29) is 12.8 Å². The summed E-state index contributed by atoms with van der Waals surface area (Å²) in [4.78, 5) is 35.7. The summed E-state index contributed by atoms with van der Waals surface area (Å²) in [7, 11) is -5.13. The summed E-state index contributed by atoms with van der Waals surface area (Å²) in [6.45, 7) is 3.20. The minimum absolute atomic E-state index is 0.0429. The van der Waals surface area contributed by atoms with Crippen molar-refractivity contribution in [3.63, 3.8) is 0 Å². The monoisotopic (exact) mass is 899 g/mol. The van der Waals surface area contributed by atoms with Crippen molar-refractivity contribution in [3.8, 4) is 0 Å². The lowest BCUT2D eigenvalue weighted by Crippen LogP contribution is -2.64. The lowest BCUT2D eigenvalue weighted by atomic mass is 9.85. The molecule has 1 aliphatic rings. The van der Waals surface area contributed by atoms with Gasteiger partial charge in [0.25, 0.3) is 0 Å². The highest BCUT2D eigenvalue weighted by atomic mass is 31.2. The maximum absolute atomic E-state index is 12.8. The largest absolute Gasteiger partial charge is 0.472 e. The Morgan fingerprint density at radius 1 is 0.500 bits per heavy atom. The topological polar surface area (TPSA) is 210 Å². The molecule has 62 heavy (non-hydrogen) atoms. The Balaban J connectivity index is 2.50. The van der Waals surface area contributed by atoms with Gasteiger partial charge in [0, 0.05) is 12.8 Å². The van der Waals surface area contributed by atoms with Crippen LogP contribution in [0.25, 0.3) is 0 Å². The Morgan fingerprint density at radius 2 is 0.903 bits per heavy atom. The third-order valence-corrected chi connectivity index (χ3v) is 11.6. The molecule has 13 nitrogen and oxygen atoms in total. The zero-order valence-electron chi connectivity index (χ0n) is 37.9. The number of aliphatic hydroxyl groups is 5. The number of esters is 2. The van der Waals surface area contributed by atoms with Crippen LogP contribution < -0.4 is 0 Å². The highest BCUT2D eigenvalue weighted by Gasteiger charge is 2.51. The number of rotatable bonds is 38. The summed E-state index contributed by atoms with van der Waals surface area (Å²) in [5.41, 5.74) is 0. The number of carbonyl (C=O) groups is 2. The van der Waals surface area contributed by atoms with Gasteiger partial charge < -0.3 is 39.9 Å². The Bertz CT molecular complexity index is 1320. The number of hydrogen-bond acceptors (Lipinski definition) is 12. The van der Waals surface area contributed by atoms with E-state index < -0.39 is 75.7 Å². The van der Waals surface area contributed by atoms with E-state index in [9.17, 15) is 44.6 Å². The highest BCUT2D eigenvalue weighted by molar-refractivity contribution is 7.47. The van der Waals surface area contributed by atoms with Crippen molar-refractivity contribution in [2.75, 3.05) is 13.2 Å². The molecule has 0 amide bonds. The molecular weight excluding hydrogens is 815 g/mol. The van der Waals surface area contributed by atoms with Crippen molar-refractivity contribution >= 4 is 19.8 Å². The predicted octanol–water partition coefficient (Wildman–Crippen LogP) is 9.34. The molecule has 8 atom stereocenters. The third-order valence-electron chi connectivity index (χ3n) is 10.6. The van der Waals surface area contributed by atoms with Gasteiger partial charge in [-0.05, 0) is 51.4 Å². The number of unbranched alkanes of at least 4 members (excludes halogenated alkanes) is 16. The van der Waals surface area contributed by atoms with Gasteiger partial charge in [-0.15, -0.1) is 0 Å². The van der Waals surface area contributed by atoms with E-state index in [1.165, 1.54) is 77.0 Å². The maximum Gasteiger partial charge on any atom is 0.472 e. The molecule has 0 heterocycles. The van der Waals surface area contributed by atoms with E-state index in [0.717, 1.165) is 51.4 Å². The fourth-order valence-corrected chi connectivity index (χ4v) is 7.77. The van der Waals surface area contributed by atoms with Gasteiger partial charge in [0.2, 0.25) is 0 Å². The normalized spacial score (nSPS) is 22.4. The number of phosphoric acid groups is 1. The molecule has 1 rings (SSSR count).